The van der Waals surface area contributed by atoms with Crippen LogP contribution < -0.4 is 10.1 Å². The molecule has 2 rings (SSSR count). The lowest BCUT2D eigenvalue weighted by Crippen LogP contribution is -2.17. The van der Waals surface area contributed by atoms with Gasteiger partial charge in [-0.3, -0.25) is 0 Å². The zero-order valence-electron chi connectivity index (χ0n) is 10.8. The van der Waals surface area contributed by atoms with Gasteiger partial charge in [0.2, 0.25) is 0 Å². The van der Waals surface area contributed by atoms with Gasteiger partial charge in [-0.1, -0.05) is 30.3 Å². The lowest BCUT2D eigenvalue weighted by molar-refractivity contribution is -0.274. The Hall–Kier alpha value is -2.17. The van der Waals surface area contributed by atoms with Crippen LogP contribution in [0.3, 0.4) is 0 Å². The Balaban J connectivity index is 2.00. The van der Waals surface area contributed by atoms with E-state index in [2.05, 4.69) is 10.1 Å². The number of rotatable bonds is 4. The van der Waals surface area contributed by atoms with Crippen molar-refractivity contribution in [3.8, 4) is 5.75 Å². The highest BCUT2D eigenvalue weighted by Gasteiger charge is 2.30. The Morgan fingerprint density at radius 1 is 0.950 bits per heavy atom. The fraction of sp³-hybridized carbons (Fsp3) is 0.200. The van der Waals surface area contributed by atoms with Gasteiger partial charge in [0.05, 0.1) is 0 Å². The molecule has 106 valence electrons. The van der Waals surface area contributed by atoms with Crippen molar-refractivity contribution in [3.05, 3.63) is 60.2 Å². The molecule has 2 aromatic rings. The van der Waals surface area contributed by atoms with Gasteiger partial charge in [-0.25, -0.2) is 0 Å². The molecule has 5 heteroatoms. The Labute approximate surface area is 115 Å². The zero-order chi connectivity index (χ0) is 14.6. The maximum atomic E-state index is 12.0. The quantitative estimate of drug-likeness (QED) is 0.872. The number of ether oxygens (including phenoxy) is 1. The summed E-state index contributed by atoms with van der Waals surface area (Å²) in [5, 5.41) is 3.21. The average Bonchev–Trinajstić information content (AvgIpc) is 2.40. The second-order valence-corrected chi connectivity index (χ2v) is 4.35. The Morgan fingerprint density at radius 2 is 1.55 bits per heavy atom. The summed E-state index contributed by atoms with van der Waals surface area (Å²) in [5.41, 5.74) is 1.83. The summed E-state index contributed by atoms with van der Waals surface area (Å²) in [6, 6.07) is 15.5. The van der Waals surface area contributed by atoms with Gasteiger partial charge in [-0.2, -0.15) is 0 Å². The third kappa shape index (κ3) is 4.19. The molecule has 0 fully saturated rings. The minimum absolute atomic E-state index is 0.0607. The molecular weight excluding hydrogens is 267 g/mol. The third-order valence-corrected chi connectivity index (χ3v) is 2.77. The molecule has 20 heavy (non-hydrogen) atoms. The summed E-state index contributed by atoms with van der Waals surface area (Å²) in [6.07, 6.45) is -4.66. The molecule has 0 saturated heterocycles. The third-order valence-electron chi connectivity index (χ3n) is 2.77. The molecular formula is C15H14F3NO. The smallest absolute Gasteiger partial charge is 0.406 e. The van der Waals surface area contributed by atoms with Crippen LogP contribution in [0, 0.1) is 0 Å². The molecule has 0 spiro atoms. The van der Waals surface area contributed by atoms with Crippen LogP contribution in [-0.4, -0.2) is 6.36 Å². The summed E-state index contributed by atoms with van der Waals surface area (Å²) in [7, 11) is 0. The van der Waals surface area contributed by atoms with E-state index >= 15 is 0 Å². The van der Waals surface area contributed by atoms with Gasteiger partial charge in [0.25, 0.3) is 0 Å². The first-order valence-electron chi connectivity index (χ1n) is 6.11. The standard InChI is InChI=1S/C15H14F3NO/c1-11(12-5-3-2-4-6-12)19-13-7-9-14(10-8-13)20-15(16,17)18/h2-11,19H,1H3. The topological polar surface area (TPSA) is 21.3 Å². The second-order valence-electron chi connectivity index (χ2n) is 4.35. The predicted molar refractivity (Wildman–Crippen MR) is 71.6 cm³/mol. The monoisotopic (exact) mass is 281 g/mol. The van der Waals surface area contributed by atoms with E-state index in [1.807, 2.05) is 37.3 Å². The first kappa shape index (κ1) is 14.2. The number of nitrogens with one attached hydrogen (secondary N) is 1. The molecule has 0 heterocycles. The Morgan fingerprint density at radius 3 is 2.10 bits per heavy atom. The second kappa shape index (κ2) is 5.86. The molecule has 1 unspecified atom stereocenters. The molecule has 2 aromatic carbocycles. The van der Waals surface area contributed by atoms with Crippen molar-refractivity contribution < 1.29 is 17.9 Å². The van der Waals surface area contributed by atoms with E-state index in [-0.39, 0.29) is 11.8 Å². The highest BCUT2D eigenvalue weighted by Crippen LogP contribution is 2.25. The minimum atomic E-state index is -4.66. The zero-order valence-corrected chi connectivity index (χ0v) is 10.8. The van der Waals surface area contributed by atoms with E-state index in [4.69, 9.17) is 0 Å². The van der Waals surface area contributed by atoms with E-state index in [1.165, 1.54) is 12.1 Å². The van der Waals surface area contributed by atoms with Crippen molar-refractivity contribution in [2.45, 2.75) is 19.3 Å². The van der Waals surface area contributed by atoms with Crippen molar-refractivity contribution >= 4 is 5.69 Å². The van der Waals surface area contributed by atoms with Crippen LogP contribution in [0.4, 0.5) is 18.9 Å². The van der Waals surface area contributed by atoms with E-state index < -0.39 is 6.36 Å². The van der Waals surface area contributed by atoms with E-state index in [1.54, 1.807) is 12.1 Å². The summed E-state index contributed by atoms with van der Waals surface area (Å²) in [6.45, 7) is 1.98. The van der Waals surface area contributed by atoms with Crippen LogP contribution in [-0.2, 0) is 0 Å². The van der Waals surface area contributed by atoms with Crippen LogP contribution in [0.5, 0.6) is 5.75 Å². The Kier molecular flexibility index (Phi) is 4.17. The average molecular weight is 281 g/mol. The van der Waals surface area contributed by atoms with Gasteiger partial charge >= 0.3 is 6.36 Å². The van der Waals surface area contributed by atoms with Gasteiger partial charge in [0.1, 0.15) is 5.75 Å². The van der Waals surface area contributed by atoms with Gasteiger partial charge in [-0.15, -0.1) is 13.2 Å². The molecule has 0 aliphatic carbocycles. The highest BCUT2D eigenvalue weighted by atomic mass is 19.4. The number of halogens is 3. The van der Waals surface area contributed by atoms with Gasteiger partial charge < -0.3 is 10.1 Å². The minimum Gasteiger partial charge on any atom is -0.406 e. The lowest BCUT2D eigenvalue weighted by atomic mass is 10.1. The molecule has 0 saturated carbocycles. The van der Waals surface area contributed by atoms with E-state index in [9.17, 15) is 13.2 Å². The maximum Gasteiger partial charge on any atom is 0.573 e. The Bertz CT molecular complexity index is 537. The number of hydrogen-bond acceptors (Lipinski definition) is 2. The fourth-order valence-corrected chi connectivity index (χ4v) is 1.83. The summed E-state index contributed by atoms with van der Waals surface area (Å²) >= 11 is 0. The maximum absolute atomic E-state index is 12.0. The summed E-state index contributed by atoms with van der Waals surface area (Å²) < 4.78 is 39.9. The molecule has 0 aliphatic rings. The van der Waals surface area contributed by atoms with Crippen molar-refractivity contribution in [1.29, 1.82) is 0 Å². The van der Waals surface area contributed by atoms with Crippen molar-refractivity contribution in [1.82, 2.24) is 0 Å². The molecule has 0 radical (unpaired) electrons. The number of alkyl halides is 3. The predicted octanol–water partition coefficient (Wildman–Crippen LogP) is 4.76. The van der Waals surface area contributed by atoms with Crippen LogP contribution in [0.1, 0.15) is 18.5 Å². The normalized spacial score (nSPS) is 12.8. The summed E-state index contributed by atoms with van der Waals surface area (Å²) in [5.74, 6) is -0.226. The van der Waals surface area contributed by atoms with Crippen molar-refractivity contribution in [2.75, 3.05) is 5.32 Å². The van der Waals surface area contributed by atoms with Gasteiger partial charge in [0, 0.05) is 11.7 Å². The van der Waals surface area contributed by atoms with Crippen LogP contribution >= 0.6 is 0 Å². The highest BCUT2D eigenvalue weighted by molar-refractivity contribution is 5.48. The molecule has 1 atom stereocenters. The number of anilines is 1. The molecule has 2 nitrogen and oxygen atoms in total. The van der Waals surface area contributed by atoms with Crippen LogP contribution in [0.25, 0.3) is 0 Å². The molecule has 0 aromatic heterocycles. The fourth-order valence-electron chi connectivity index (χ4n) is 1.83. The van der Waals surface area contributed by atoms with Crippen molar-refractivity contribution in [3.63, 3.8) is 0 Å². The first-order chi connectivity index (χ1) is 9.44. The van der Waals surface area contributed by atoms with Crippen molar-refractivity contribution in [2.24, 2.45) is 0 Å². The van der Waals surface area contributed by atoms with E-state index in [0.29, 0.717) is 0 Å². The molecule has 0 amide bonds. The van der Waals surface area contributed by atoms with Gasteiger partial charge in [-0.05, 0) is 36.8 Å². The van der Waals surface area contributed by atoms with Gasteiger partial charge in [0.15, 0.2) is 0 Å². The molecule has 1 N–H and O–H groups in total. The lowest BCUT2D eigenvalue weighted by Gasteiger charge is -2.16. The SMILES string of the molecule is CC(Nc1ccc(OC(F)(F)F)cc1)c1ccccc1. The molecule has 0 aliphatic heterocycles. The molecule has 0 bridgehead atoms. The number of hydrogen-bond donors (Lipinski definition) is 1. The first-order valence-corrected chi connectivity index (χ1v) is 6.11. The van der Waals surface area contributed by atoms with Crippen LogP contribution in [0.15, 0.2) is 54.6 Å². The van der Waals surface area contributed by atoms with E-state index in [0.717, 1.165) is 11.3 Å². The van der Waals surface area contributed by atoms with Crippen LogP contribution in [0.2, 0.25) is 0 Å². The summed E-state index contributed by atoms with van der Waals surface area (Å²) in [4.78, 5) is 0. The largest absolute Gasteiger partial charge is 0.573 e. The number of benzene rings is 2.